The van der Waals surface area contributed by atoms with E-state index in [0.717, 1.165) is 19.4 Å². The van der Waals surface area contributed by atoms with Gasteiger partial charge in [0.25, 0.3) is 5.69 Å². The monoisotopic (exact) mass is 223 g/mol. The molecule has 86 valence electrons. The quantitative estimate of drug-likeness (QED) is 0.621. The molecule has 1 N–H and O–H groups in total. The molecule has 0 bridgehead atoms. The minimum atomic E-state index is -0.426. The number of nitrogens with one attached hydrogen (secondary N) is 1. The highest BCUT2D eigenvalue weighted by atomic mass is 16.6. The average Bonchev–Trinajstić information content (AvgIpc) is 2.30. The van der Waals surface area contributed by atoms with E-state index < -0.39 is 4.92 Å². The predicted octanol–water partition coefficient (Wildman–Crippen LogP) is 1.58. The van der Waals surface area contributed by atoms with Gasteiger partial charge in [-0.2, -0.15) is 0 Å². The van der Waals surface area contributed by atoms with Gasteiger partial charge in [-0.1, -0.05) is 0 Å². The van der Waals surface area contributed by atoms with E-state index in [1.807, 2.05) is 0 Å². The molecule has 1 aliphatic rings. The lowest BCUT2D eigenvalue weighted by Crippen LogP contribution is -2.30. The molecular weight excluding hydrogens is 210 g/mol. The SMILES string of the molecule is O=[N+]([O-])c1ccnc(NC2CCCOC2)c1. The van der Waals surface area contributed by atoms with Gasteiger partial charge >= 0.3 is 0 Å². The number of anilines is 1. The molecule has 1 atom stereocenters. The average molecular weight is 223 g/mol. The zero-order valence-electron chi connectivity index (χ0n) is 8.76. The number of rotatable bonds is 3. The largest absolute Gasteiger partial charge is 0.379 e. The molecule has 2 heterocycles. The molecule has 1 unspecified atom stereocenters. The molecule has 16 heavy (non-hydrogen) atoms. The molecule has 0 radical (unpaired) electrons. The maximum atomic E-state index is 10.6. The van der Waals surface area contributed by atoms with Crippen molar-refractivity contribution in [1.29, 1.82) is 0 Å². The lowest BCUT2D eigenvalue weighted by molar-refractivity contribution is -0.384. The number of ether oxygens (including phenoxy) is 1. The van der Waals surface area contributed by atoms with E-state index >= 15 is 0 Å². The summed E-state index contributed by atoms with van der Waals surface area (Å²) in [4.78, 5) is 14.2. The summed E-state index contributed by atoms with van der Waals surface area (Å²) >= 11 is 0. The summed E-state index contributed by atoms with van der Waals surface area (Å²) in [6.07, 6.45) is 3.45. The second-order valence-electron chi connectivity index (χ2n) is 3.71. The van der Waals surface area contributed by atoms with Gasteiger partial charge in [0.2, 0.25) is 0 Å². The lowest BCUT2D eigenvalue weighted by Gasteiger charge is -2.23. The van der Waals surface area contributed by atoms with Crippen molar-refractivity contribution in [1.82, 2.24) is 4.98 Å². The van der Waals surface area contributed by atoms with Crippen LogP contribution in [0, 0.1) is 10.1 Å². The first-order valence-corrected chi connectivity index (χ1v) is 5.20. The number of pyridine rings is 1. The Labute approximate surface area is 92.8 Å². The number of hydrogen-bond donors (Lipinski definition) is 1. The van der Waals surface area contributed by atoms with Crippen molar-refractivity contribution < 1.29 is 9.66 Å². The highest BCUT2D eigenvalue weighted by Crippen LogP contribution is 2.17. The Morgan fingerprint density at radius 3 is 3.19 bits per heavy atom. The van der Waals surface area contributed by atoms with Crippen molar-refractivity contribution in [2.24, 2.45) is 0 Å². The number of nitrogens with zero attached hydrogens (tertiary/aromatic N) is 2. The van der Waals surface area contributed by atoms with Crippen LogP contribution in [0.5, 0.6) is 0 Å². The lowest BCUT2D eigenvalue weighted by atomic mass is 10.1. The molecule has 0 aliphatic carbocycles. The van der Waals surface area contributed by atoms with E-state index in [-0.39, 0.29) is 11.7 Å². The van der Waals surface area contributed by atoms with E-state index in [1.165, 1.54) is 18.3 Å². The molecule has 1 fully saturated rings. The molecule has 6 heteroatoms. The summed E-state index contributed by atoms with van der Waals surface area (Å²) < 4.78 is 5.31. The highest BCUT2D eigenvalue weighted by Gasteiger charge is 2.15. The van der Waals surface area contributed by atoms with Gasteiger partial charge in [0, 0.05) is 18.9 Å². The van der Waals surface area contributed by atoms with E-state index in [9.17, 15) is 10.1 Å². The van der Waals surface area contributed by atoms with Crippen molar-refractivity contribution in [3.8, 4) is 0 Å². The molecule has 1 aliphatic heterocycles. The van der Waals surface area contributed by atoms with Crippen molar-refractivity contribution in [3.63, 3.8) is 0 Å². The summed E-state index contributed by atoms with van der Waals surface area (Å²) in [5, 5.41) is 13.7. The summed E-state index contributed by atoms with van der Waals surface area (Å²) in [5.74, 6) is 0.532. The van der Waals surface area contributed by atoms with E-state index in [1.54, 1.807) is 0 Å². The summed E-state index contributed by atoms with van der Waals surface area (Å²) in [5.41, 5.74) is 0.0502. The van der Waals surface area contributed by atoms with Gasteiger partial charge in [0.05, 0.1) is 23.6 Å². The van der Waals surface area contributed by atoms with Crippen LogP contribution >= 0.6 is 0 Å². The third-order valence-corrected chi connectivity index (χ3v) is 2.47. The van der Waals surface area contributed by atoms with Crippen LogP contribution in [0.1, 0.15) is 12.8 Å². The van der Waals surface area contributed by atoms with Crippen LogP contribution in [-0.4, -0.2) is 29.2 Å². The van der Waals surface area contributed by atoms with Gasteiger partial charge < -0.3 is 10.1 Å². The zero-order chi connectivity index (χ0) is 11.4. The summed E-state index contributed by atoms with van der Waals surface area (Å²) in [7, 11) is 0. The van der Waals surface area contributed by atoms with Crippen molar-refractivity contribution >= 4 is 11.5 Å². The standard InChI is InChI=1S/C10H13N3O3/c14-13(15)9-3-4-11-10(6-9)12-8-2-1-5-16-7-8/h3-4,6,8H,1-2,5,7H2,(H,11,12). The Kier molecular flexibility index (Phi) is 3.31. The summed E-state index contributed by atoms with van der Waals surface area (Å²) in [6, 6.07) is 3.01. The highest BCUT2D eigenvalue weighted by molar-refractivity contribution is 5.44. The minimum absolute atomic E-state index is 0.0502. The second kappa shape index (κ2) is 4.89. The van der Waals surface area contributed by atoms with Crippen LogP contribution in [0.3, 0.4) is 0 Å². The molecule has 6 nitrogen and oxygen atoms in total. The third kappa shape index (κ3) is 2.66. The molecule has 0 spiro atoms. The molecule has 1 saturated heterocycles. The Hall–Kier alpha value is -1.69. The molecule has 0 amide bonds. The number of aromatic nitrogens is 1. The third-order valence-electron chi connectivity index (χ3n) is 2.47. The molecule has 1 aromatic heterocycles. The van der Waals surface area contributed by atoms with Crippen LogP contribution < -0.4 is 5.32 Å². The van der Waals surface area contributed by atoms with Crippen LogP contribution in [0.15, 0.2) is 18.3 Å². The fourth-order valence-corrected chi connectivity index (χ4v) is 1.68. The van der Waals surface area contributed by atoms with Crippen molar-refractivity contribution in [2.75, 3.05) is 18.5 Å². The second-order valence-corrected chi connectivity index (χ2v) is 3.71. The van der Waals surface area contributed by atoms with Gasteiger partial charge in [-0.25, -0.2) is 4.98 Å². The van der Waals surface area contributed by atoms with Gasteiger partial charge in [0.1, 0.15) is 5.82 Å². The normalized spacial score (nSPS) is 20.4. The van der Waals surface area contributed by atoms with Gasteiger partial charge in [-0.15, -0.1) is 0 Å². The molecular formula is C10H13N3O3. The van der Waals surface area contributed by atoms with Crippen LogP contribution in [0.4, 0.5) is 11.5 Å². The number of nitro groups is 1. The van der Waals surface area contributed by atoms with Gasteiger partial charge in [0.15, 0.2) is 0 Å². The first-order chi connectivity index (χ1) is 7.75. The molecule has 0 aromatic carbocycles. The Morgan fingerprint density at radius 1 is 1.62 bits per heavy atom. The van der Waals surface area contributed by atoms with Crippen LogP contribution in [0.2, 0.25) is 0 Å². The maximum absolute atomic E-state index is 10.6. The Bertz CT molecular complexity index is 377. The molecule has 1 aromatic rings. The maximum Gasteiger partial charge on any atom is 0.274 e. The Morgan fingerprint density at radius 2 is 2.50 bits per heavy atom. The first kappa shape index (κ1) is 10.8. The topological polar surface area (TPSA) is 77.3 Å². The van der Waals surface area contributed by atoms with Gasteiger partial charge in [-0.3, -0.25) is 10.1 Å². The number of hydrogen-bond acceptors (Lipinski definition) is 5. The van der Waals surface area contributed by atoms with E-state index in [0.29, 0.717) is 12.4 Å². The smallest absolute Gasteiger partial charge is 0.274 e. The van der Waals surface area contributed by atoms with E-state index in [2.05, 4.69) is 10.3 Å². The first-order valence-electron chi connectivity index (χ1n) is 5.20. The van der Waals surface area contributed by atoms with Crippen LogP contribution in [0.25, 0.3) is 0 Å². The predicted molar refractivity (Wildman–Crippen MR) is 58.4 cm³/mol. The summed E-state index contributed by atoms with van der Waals surface area (Å²) in [6.45, 7) is 1.42. The fourth-order valence-electron chi connectivity index (χ4n) is 1.68. The van der Waals surface area contributed by atoms with Crippen molar-refractivity contribution in [2.45, 2.75) is 18.9 Å². The van der Waals surface area contributed by atoms with Gasteiger partial charge in [-0.05, 0) is 12.8 Å². The Balaban J connectivity index is 2.02. The zero-order valence-corrected chi connectivity index (χ0v) is 8.76. The van der Waals surface area contributed by atoms with E-state index in [4.69, 9.17) is 4.74 Å². The fraction of sp³-hybridized carbons (Fsp3) is 0.500. The molecule has 2 rings (SSSR count). The molecule has 0 saturated carbocycles. The minimum Gasteiger partial charge on any atom is -0.379 e. The van der Waals surface area contributed by atoms with Crippen molar-refractivity contribution in [3.05, 3.63) is 28.4 Å². The van der Waals surface area contributed by atoms with Crippen LogP contribution in [-0.2, 0) is 4.74 Å².